The lowest BCUT2D eigenvalue weighted by molar-refractivity contribution is -0.144. The van der Waals surface area contributed by atoms with E-state index >= 15 is 0 Å². The van der Waals surface area contributed by atoms with Crippen LogP contribution < -0.4 is 45.5 Å². The summed E-state index contributed by atoms with van der Waals surface area (Å²) in [6, 6.07) is -5.63. The molecular weight excluding hydrogens is 688 g/mol. The largest absolute Gasteiger partial charge is 0.481 e. The molecule has 0 aliphatic carbocycles. The van der Waals surface area contributed by atoms with Crippen molar-refractivity contribution in [2.75, 3.05) is 6.54 Å². The Kier molecular flexibility index (Phi) is 37.9. The van der Waals surface area contributed by atoms with Crippen molar-refractivity contribution >= 4 is 59.6 Å². The summed E-state index contributed by atoms with van der Waals surface area (Å²) in [5, 5.41) is 66.3. The molecule has 0 aliphatic heterocycles. The topological polar surface area (TPSA) is 527 Å². The zero-order valence-corrected chi connectivity index (χ0v) is 27.2. The number of primary amides is 1. The van der Waals surface area contributed by atoms with Crippen molar-refractivity contribution in [2.24, 2.45) is 40.1 Å². The Morgan fingerprint density at radius 2 is 0.800 bits per heavy atom. The monoisotopic (exact) mass is 736 g/mol. The highest BCUT2D eigenvalue weighted by Crippen LogP contribution is 1.93. The molecule has 0 heterocycles. The predicted molar refractivity (Wildman–Crippen MR) is 167 cm³/mol. The second kappa shape index (κ2) is 33.4. The molecule has 0 rings (SSSR count). The standard InChI is InChI=1S/C5H10N2O3.C5H9NO4.C4H8N2O3.C4H7NO4.2C3H7NO2/c1-3(6)5(10)7-2-4(8)9;6-3(5(9)10)1-2-4(7)8;2*5-2(4(8)9)1-3(6)7;2*1-2(4)3(5)6/h3H,2,6H2,1H3,(H,7,10)(H,8,9);3H,1-2,6H2,(H,7,8)(H,9,10);2H,1,5H2,(H2,6,7)(H,8,9);2H,1,5H2,(H,6,7)(H,8,9);2*2H,4H2,1H3,(H,5,6)/t2*3-;4*2-/m000010/s1. The van der Waals surface area contributed by atoms with Crippen LogP contribution in [-0.4, -0.2) is 143 Å². The van der Waals surface area contributed by atoms with Crippen LogP contribution in [0.4, 0.5) is 0 Å². The van der Waals surface area contributed by atoms with Gasteiger partial charge in [-0.15, -0.1) is 0 Å². The van der Waals surface area contributed by atoms with E-state index in [1.807, 2.05) is 0 Å². The first kappa shape index (κ1) is 56.8. The lowest BCUT2D eigenvalue weighted by Crippen LogP contribution is -2.40. The first-order chi connectivity index (χ1) is 22.4. The van der Waals surface area contributed by atoms with Crippen LogP contribution in [0.15, 0.2) is 0 Å². The first-order valence-corrected chi connectivity index (χ1v) is 13.3. The lowest BCUT2D eigenvalue weighted by atomic mass is 10.2. The van der Waals surface area contributed by atoms with Crippen LogP contribution in [-0.2, 0) is 47.9 Å². The minimum atomic E-state index is -1.29. The Bertz CT molecular complexity index is 1050. The molecule has 23 N–H and O–H groups in total. The maximum Gasteiger partial charge on any atom is 0.322 e. The fraction of sp³-hybridized carbons (Fsp3) is 0.583. The van der Waals surface area contributed by atoms with Crippen LogP contribution in [0.2, 0.25) is 0 Å². The second-order valence-corrected chi connectivity index (χ2v) is 9.19. The van der Waals surface area contributed by atoms with Gasteiger partial charge in [0, 0.05) is 6.42 Å². The van der Waals surface area contributed by atoms with Crippen LogP contribution in [0.1, 0.15) is 46.5 Å². The Balaban J connectivity index is -0.000000117. The molecule has 0 aliphatic rings. The first-order valence-electron chi connectivity index (χ1n) is 13.3. The van der Waals surface area contributed by atoms with E-state index in [1.54, 1.807) is 0 Å². The number of carboxylic acid groups (broad SMARTS) is 8. The van der Waals surface area contributed by atoms with E-state index in [2.05, 4.69) is 11.1 Å². The summed E-state index contributed by atoms with van der Waals surface area (Å²) < 4.78 is 0. The van der Waals surface area contributed by atoms with E-state index in [-0.39, 0.29) is 25.8 Å². The van der Waals surface area contributed by atoms with Gasteiger partial charge in [-0.3, -0.25) is 47.9 Å². The van der Waals surface area contributed by atoms with Gasteiger partial charge in [0.05, 0.1) is 18.9 Å². The Hall–Kier alpha value is -5.54. The highest BCUT2D eigenvalue weighted by Gasteiger charge is 2.15. The van der Waals surface area contributed by atoms with Crippen LogP contribution in [0.3, 0.4) is 0 Å². The zero-order chi connectivity index (χ0) is 41.5. The number of aliphatic carboxylic acids is 8. The van der Waals surface area contributed by atoms with E-state index in [1.165, 1.54) is 20.8 Å². The second-order valence-electron chi connectivity index (χ2n) is 9.19. The molecule has 0 unspecified atom stereocenters. The van der Waals surface area contributed by atoms with Gasteiger partial charge >= 0.3 is 47.8 Å². The molecule has 2 amide bonds. The van der Waals surface area contributed by atoms with Crippen molar-refractivity contribution < 1.29 is 88.8 Å². The molecule has 292 valence electrons. The number of nitrogens with one attached hydrogen (secondary N) is 1. The molecule has 0 aromatic rings. The molecule has 0 spiro atoms. The van der Waals surface area contributed by atoms with Gasteiger partial charge in [-0.1, -0.05) is 0 Å². The van der Waals surface area contributed by atoms with E-state index in [0.717, 1.165) is 0 Å². The maximum atomic E-state index is 10.5. The third-order valence-corrected chi connectivity index (χ3v) is 4.04. The van der Waals surface area contributed by atoms with Gasteiger partial charge in [-0.25, -0.2) is 0 Å². The summed E-state index contributed by atoms with van der Waals surface area (Å²) in [5.74, 6) is -10.1. The molecule has 0 radical (unpaired) electrons. The van der Waals surface area contributed by atoms with Crippen molar-refractivity contribution in [3.63, 3.8) is 0 Å². The lowest BCUT2D eigenvalue weighted by Gasteiger charge is -2.03. The van der Waals surface area contributed by atoms with Gasteiger partial charge < -0.3 is 86.3 Å². The number of nitrogens with two attached hydrogens (primary N) is 7. The molecule has 50 heavy (non-hydrogen) atoms. The average Bonchev–Trinajstić information content (AvgIpc) is 2.95. The number of carbonyl (C=O) groups excluding carboxylic acids is 2. The number of carbonyl (C=O) groups is 10. The Labute approximate surface area is 283 Å². The molecule has 6 atom stereocenters. The SMILES string of the molecule is C[C@@H](N)C(=O)O.C[C@H](N)C(=O)NCC(=O)O.C[C@H](N)C(=O)O.NC(=O)C[C@H](N)C(=O)O.N[C@@H](CC(=O)O)C(=O)O.N[C@@H](CCC(=O)O)C(=O)O. The summed E-state index contributed by atoms with van der Waals surface area (Å²) in [4.78, 5) is 99.0. The zero-order valence-electron chi connectivity index (χ0n) is 27.2. The van der Waals surface area contributed by atoms with Crippen molar-refractivity contribution in [1.82, 2.24) is 5.32 Å². The molecule has 26 nitrogen and oxygen atoms in total. The summed E-state index contributed by atoms with van der Waals surface area (Å²) in [6.07, 6.45) is -1.07. The van der Waals surface area contributed by atoms with Gasteiger partial charge in [0.2, 0.25) is 11.8 Å². The quantitative estimate of drug-likeness (QED) is 0.0743. The smallest absolute Gasteiger partial charge is 0.322 e. The van der Waals surface area contributed by atoms with Crippen molar-refractivity contribution in [3.05, 3.63) is 0 Å². The van der Waals surface area contributed by atoms with Crippen LogP contribution in [0.25, 0.3) is 0 Å². The number of rotatable bonds is 15. The van der Waals surface area contributed by atoms with Crippen molar-refractivity contribution in [1.29, 1.82) is 0 Å². The third kappa shape index (κ3) is 54.9. The average molecular weight is 737 g/mol. The number of carboxylic acids is 8. The number of amides is 2. The van der Waals surface area contributed by atoms with Crippen LogP contribution >= 0.6 is 0 Å². The van der Waals surface area contributed by atoms with Crippen molar-refractivity contribution in [3.8, 4) is 0 Å². The highest BCUT2D eigenvalue weighted by molar-refractivity contribution is 5.84. The molecular formula is C24H48N8O18. The molecule has 0 aromatic carbocycles. The Morgan fingerprint density at radius 3 is 0.960 bits per heavy atom. The summed E-state index contributed by atoms with van der Waals surface area (Å²) in [6.45, 7) is 3.95. The third-order valence-electron chi connectivity index (χ3n) is 4.04. The van der Waals surface area contributed by atoms with Crippen LogP contribution in [0, 0.1) is 0 Å². The fourth-order valence-corrected chi connectivity index (χ4v) is 1.31. The minimum absolute atomic E-state index is 0.0231. The number of hydrogen-bond donors (Lipinski definition) is 16. The van der Waals surface area contributed by atoms with Gasteiger partial charge in [0.1, 0.15) is 36.8 Å². The molecule has 0 bridgehead atoms. The fourth-order valence-electron chi connectivity index (χ4n) is 1.31. The summed E-state index contributed by atoms with van der Waals surface area (Å²) in [7, 11) is 0. The summed E-state index contributed by atoms with van der Waals surface area (Å²) in [5.41, 5.74) is 34.2. The molecule has 0 fully saturated rings. The van der Waals surface area contributed by atoms with Gasteiger partial charge in [0.15, 0.2) is 0 Å². The van der Waals surface area contributed by atoms with E-state index in [0.29, 0.717) is 0 Å². The normalized spacial score (nSPS) is 12.7. The Morgan fingerprint density at radius 1 is 0.480 bits per heavy atom. The van der Waals surface area contributed by atoms with Crippen molar-refractivity contribution in [2.45, 2.75) is 82.7 Å². The summed E-state index contributed by atoms with van der Waals surface area (Å²) >= 11 is 0. The van der Waals surface area contributed by atoms with E-state index < -0.39 is 102 Å². The molecule has 0 saturated carbocycles. The van der Waals surface area contributed by atoms with Crippen LogP contribution in [0.5, 0.6) is 0 Å². The van der Waals surface area contributed by atoms with Gasteiger partial charge in [-0.05, 0) is 27.2 Å². The highest BCUT2D eigenvalue weighted by atomic mass is 16.4. The van der Waals surface area contributed by atoms with Gasteiger partial charge in [0.25, 0.3) is 0 Å². The molecule has 26 heteroatoms. The molecule has 0 saturated heterocycles. The predicted octanol–water partition coefficient (Wildman–Crippen LogP) is -6.22. The van der Waals surface area contributed by atoms with E-state index in [4.69, 9.17) is 75.3 Å². The van der Waals surface area contributed by atoms with E-state index in [9.17, 15) is 47.9 Å². The minimum Gasteiger partial charge on any atom is -0.481 e. The maximum absolute atomic E-state index is 10.5. The molecule has 0 aromatic heterocycles. The number of hydrogen-bond acceptors (Lipinski definition) is 16. The van der Waals surface area contributed by atoms with Gasteiger partial charge in [-0.2, -0.15) is 0 Å².